The summed E-state index contributed by atoms with van der Waals surface area (Å²) < 4.78 is 6.33. The van der Waals surface area contributed by atoms with Crippen molar-refractivity contribution in [1.29, 1.82) is 0 Å². The van der Waals surface area contributed by atoms with E-state index in [4.69, 9.17) is 4.74 Å². The van der Waals surface area contributed by atoms with Crippen molar-refractivity contribution in [2.24, 2.45) is 0 Å². The fourth-order valence-electron chi connectivity index (χ4n) is 1.34. The van der Waals surface area contributed by atoms with Gasteiger partial charge in [-0.25, -0.2) is 0 Å². The van der Waals surface area contributed by atoms with Crippen LogP contribution in [-0.2, 0) is 0 Å². The molecule has 0 saturated heterocycles. The van der Waals surface area contributed by atoms with E-state index in [1.54, 1.807) is 11.3 Å². The molecular weight excluding hydrogens is 316 g/mol. The van der Waals surface area contributed by atoms with Crippen molar-refractivity contribution in [3.63, 3.8) is 0 Å². The Bertz CT molecular complexity index is 507. The van der Waals surface area contributed by atoms with Crippen LogP contribution in [0.1, 0.15) is 13.8 Å². The number of rotatable bonds is 5. The van der Waals surface area contributed by atoms with Crippen LogP contribution in [0.5, 0.6) is 6.01 Å². The molecule has 0 atom stereocenters. The van der Waals surface area contributed by atoms with E-state index in [-0.39, 0.29) is 0 Å². The Labute approximate surface area is 118 Å². The molecule has 0 unspecified atom stereocenters. The predicted octanol–water partition coefficient (Wildman–Crippen LogP) is 3.19. The van der Waals surface area contributed by atoms with Crippen LogP contribution in [0.2, 0.25) is 0 Å². The average molecular weight is 329 g/mol. The fourth-order valence-corrected chi connectivity index (χ4v) is 2.82. The SMILES string of the molecule is CCNc1nc(OCC)nc(-c2sccc2Br)n1. The lowest BCUT2D eigenvalue weighted by Gasteiger charge is -2.07. The number of nitrogens with zero attached hydrogens (tertiary/aromatic N) is 3. The highest BCUT2D eigenvalue weighted by Gasteiger charge is 2.12. The quantitative estimate of drug-likeness (QED) is 0.913. The van der Waals surface area contributed by atoms with Crippen LogP contribution in [0, 0.1) is 0 Å². The molecule has 0 saturated carbocycles. The van der Waals surface area contributed by atoms with Crippen LogP contribution in [0.15, 0.2) is 15.9 Å². The van der Waals surface area contributed by atoms with Crippen molar-refractivity contribution >= 4 is 33.2 Å². The minimum atomic E-state index is 0.346. The highest BCUT2D eigenvalue weighted by molar-refractivity contribution is 9.10. The standard InChI is InChI=1S/C11H13BrN4OS/c1-3-13-10-14-9(8-7(12)5-6-18-8)15-11(16-10)17-4-2/h5-6H,3-4H2,1-2H3,(H,13,14,15,16). The molecular formula is C11H13BrN4OS. The summed E-state index contributed by atoms with van der Waals surface area (Å²) in [4.78, 5) is 13.8. The first kappa shape index (κ1) is 13.2. The van der Waals surface area contributed by atoms with Crippen molar-refractivity contribution in [2.45, 2.75) is 13.8 Å². The van der Waals surface area contributed by atoms with Crippen molar-refractivity contribution in [2.75, 3.05) is 18.5 Å². The maximum Gasteiger partial charge on any atom is 0.321 e. The molecule has 0 bridgehead atoms. The normalized spacial score (nSPS) is 10.4. The van der Waals surface area contributed by atoms with Gasteiger partial charge in [0, 0.05) is 11.0 Å². The molecule has 0 aliphatic carbocycles. The van der Waals surface area contributed by atoms with Gasteiger partial charge >= 0.3 is 6.01 Å². The first-order valence-electron chi connectivity index (χ1n) is 5.60. The molecule has 2 heterocycles. The number of halogens is 1. The Morgan fingerprint density at radius 2 is 2.17 bits per heavy atom. The minimum Gasteiger partial charge on any atom is -0.464 e. The maximum absolute atomic E-state index is 5.36. The summed E-state index contributed by atoms with van der Waals surface area (Å²) in [6, 6.07) is 2.32. The van der Waals surface area contributed by atoms with E-state index >= 15 is 0 Å². The zero-order valence-electron chi connectivity index (χ0n) is 10.1. The van der Waals surface area contributed by atoms with Crippen LogP contribution in [0.3, 0.4) is 0 Å². The number of hydrogen-bond donors (Lipinski definition) is 1. The van der Waals surface area contributed by atoms with E-state index in [2.05, 4.69) is 36.2 Å². The number of hydrogen-bond acceptors (Lipinski definition) is 6. The van der Waals surface area contributed by atoms with Gasteiger partial charge in [-0.3, -0.25) is 0 Å². The van der Waals surface area contributed by atoms with E-state index in [0.717, 1.165) is 15.9 Å². The molecule has 0 aliphatic heterocycles. The highest BCUT2D eigenvalue weighted by atomic mass is 79.9. The fraction of sp³-hybridized carbons (Fsp3) is 0.364. The Morgan fingerprint density at radius 1 is 1.33 bits per heavy atom. The third-order valence-corrected chi connectivity index (χ3v) is 3.88. The van der Waals surface area contributed by atoms with Crippen LogP contribution < -0.4 is 10.1 Å². The van der Waals surface area contributed by atoms with E-state index in [9.17, 15) is 0 Å². The van der Waals surface area contributed by atoms with Crippen LogP contribution in [0.4, 0.5) is 5.95 Å². The molecule has 0 aromatic carbocycles. The van der Waals surface area contributed by atoms with Gasteiger partial charge in [0.1, 0.15) is 0 Å². The van der Waals surface area contributed by atoms with Crippen molar-refractivity contribution in [3.05, 3.63) is 15.9 Å². The number of nitrogens with one attached hydrogen (secondary N) is 1. The third kappa shape index (κ3) is 2.97. The van der Waals surface area contributed by atoms with Gasteiger partial charge in [-0.05, 0) is 41.2 Å². The van der Waals surface area contributed by atoms with Crippen LogP contribution >= 0.6 is 27.3 Å². The van der Waals surface area contributed by atoms with Gasteiger partial charge in [0.2, 0.25) is 5.95 Å². The molecule has 2 aromatic heterocycles. The van der Waals surface area contributed by atoms with E-state index in [1.165, 1.54) is 0 Å². The van der Waals surface area contributed by atoms with E-state index in [1.807, 2.05) is 25.3 Å². The summed E-state index contributed by atoms with van der Waals surface area (Å²) in [5, 5.41) is 5.06. The second-order valence-electron chi connectivity index (χ2n) is 3.33. The van der Waals surface area contributed by atoms with Gasteiger partial charge in [-0.15, -0.1) is 11.3 Å². The van der Waals surface area contributed by atoms with Crippen molar-refractivity contribution in [1.82, 2.24) is 15.0 Å². The van der Waals surface area contributed by atoms with Crippen molar-refractivity contribution < 1.29 is 4.74 Å². The molecule has 18 heavy (non-hydrogen) atoms. The van der Waals surface area contributed by atoms with Gasteiger partial charge in [0.05, 0.1) is 11.5 Å². The number of anilines is 1. The number of aromatic nitrogens is 3. The minimum absolute atomic E-state index is 0.346. The molecule has 96 valence electrons. The predicted molar refractivity (Wildman–Crippen MR) is 76.2 cm³/mol. The zero-order valence-corrected chi connectivity index (χ0v) is 12.5. The first-order valence-corrected chi connectivity index (χ1v) is 7.28. The monoisotopic (exact) mass is 328 g/mol. The van der Waals surface area contributed by atoms with Crippen LogP contribution in [-0.4, -0.2) is 28.1 Å². The Kier molecular flexibility index (Phi) is 4.48. The lowest BCUT2D eigenvalue weighted by molar-refractivity contribution is 0.312. The maximum atomic E-state index is 5.36. The molecule has 5 nitrogen and oxygen atoms in total. The third-order valence-electron chi connectivity index (χ3n) is 2.04. The Balaban J connectivity index is 2.42. The molecule has 2 rings (SSSR count). The summed E-state index contributed by atoms with van der Waals surface area (Å²) in [6.45, 7) is 5.17. The molecule has 0 spiro atoms. The van der Waals surface area contributed by atoms with Crippen LogP contribution in [0.25, 0.3) is 10.7 Å². The smallest absolute Gasteiger partial charge is 0.321 e. The van der Waals surface area contributed by atoms with Crippen molar-refractivity contribution in [3.8, 4) is 16.7 Å². The Morgan fingerprint density at radius 3 is 2.78 bits per heavy atom. The average Bonchev–Trinajstić information content (AvgIpc) is 2.76. The lowest BCUT2D eigenvalue weighted by atomic mass is 10.4. The zero-order chi connectivity index (χ0) is 13.0. The van der Waals surface area contributed by atoms with Gasteiger partial charge in [-0.2, -0.15) is 15.0 Å². The lowest BCUT2D eigenvalue weighted by Crippen LogP contribution is -2.07. The van der Waals surface area contributed by atoms with Gasteiger partial charge < -0.3 is 10.1 Å². The topological polar surface area (TPSA) is 59.9 Å². The molecule has 1 N–H and O–H groups in total. The van der Waals surface area contributed by atoms with Gasteiger partial charge in [0.15, 0.2) is 5.82 Å². The summed E-state index contributed by atoms with van der Waals surface area (Å²) in [7, 11) is 0. The molecule has 0 amide bonds. The molecule has 0 aliphatic rings. The van der Waals surface area contributed by atoms with E-state index < -0.39 is 0 Å². The largest absolute Gasteiger partial charge is 0.464 e. The summed E-state index contributed by atoms with van der Waals surface area (Å²) in [5.74, 6) is 1.15. The second-order valence-corrected chi connectivity index (χ2v) is 5.10. The number of ether oxygens (including phenoxy) is 1. The van der Waals surface area contributed by atoms with E-state index in [0.29, 0.717) is 24.4 Å². The second kappa shape index (κ2) is 6.10. The molecule has 0 radical (unpaired) electrons. The van der Waals surface area contributed by atoms with Gasteiger partial charge in [-0.1, -0.05) is 0 Å². The Hall–Kier alpha value is -1.21. The summed E-state index contributed by atoms with van der Waals surface area (Å²) >= 11 is 5.05. The molecule has 7 heteroatoms. The van der Waals surface area contributed by atoms with Gasteiger partial charge in [0.25, 0.3) is 0 Å². The highest BCUT2D eigenvalue weighted by Crippen LogP contribution is 2.32. The number of thiophene rings is 1. The first-order chi connectivity index (χ1) is 8.74. The summed E-state index contributed by atoms with van der Waals surface area (Å²) in [6.07, 6.45) is 0. The molecule has 0 fully saturated rings. The summed E-state index contributed by atoms with van der Waals surface area (Å²) in [5.41, 5.74) is 0. The molecule has 2 aromatic rings.